The van der Waals surface area contributed by atoms with E-state index in [2.05, 4.69) is 41.7 Å². The van der Waals surface area contributed by atoms with Gasteiger partial charge in [-0.2, -0.15) is 0 Å². The molecule has 1 saturated heterocycles. The zero-order valence-electron chi connectivity index (χ0n) is 17.1. The number of piperidine rings is 1. The molecule has 4 rings (SSSR count). The lowest BCUT2D eigenvalue weighted by molar-refractivity contribution is -0.127. The molecule has 0 saturated carbocycles. The molecule has 5 heteroatoms. The molecule has 154 valence electrons. The molecule has 0 bridgehead atoms. The number of hydrogen-bond acceptors (Lipinski definition) is 3. The van der Waals surface area contributed by atoms with Crippen LogP contribution in [0.25, 0.3) is 11.1 Å². The minimum atomic E-state index is -0.106. The minimum Gasteiger partial charge on any atom is -0.459 e. The number of benzene rings is 2. The summed E-state index contributed by atoms with van der Waals surface area (Å²) in [6.45, 7) is 3.14. The third-order valence-corrected chi connectivity index (χ3v) is 5.76. The van der Waals surface area contributed by atoms with Gasteiger partial charge in [0, 0.05) is 19.0 Å². The highest BCUT2D eigenvalue weighted by atomic mass is 16.3. The summed E-state index contributed by atoms with van der Waals surface area (Å²) >= 11 is 0. The average Bonchev–Trinajstić information content (AvgIpc) is 3.34. The van der Waals surface area contributed by atoms with Crippen LogP contribution in [-0.2, 0) is 4.79 Å². The molecule has 1 unspecified atom stereocenters. The van der Waals surface area contributed by atoms with Gasteiger partial charge in [0.15, 0.2) is 5.76 Å². The predicted molar refractivity (Wildman–Crippen MR) is 116 cm³/mol. The smallest absolute Gasteiger partial charge is 0.289 e. The van der Waals surface area contributed by atoms with Gasteiger partial charge in [-0.15, -0.1) is 0 Å². The Balaban J connectivity index is 1.30. The molecule has 2 aromatic carbocycles. The average molecular weight is 402 g/mol. The molecular weight excluding hydrogens is 376 g/mol. The lowest BCUT2D eigenvalue weighted by atomic mass is 9.94. The van der Waals surface area contributed by atoms with E-state index >= 15 is 0 Å². The van der Waals surface area contributed by atoms with Gasteiger partial charge in [-0.05, 0) is 48.6 Å². The van der Waals surface area contributed by atoms with Crippen molar-refractivity contribution in [2.75, 3.05) is 13.1 Å². The fourth-order valence-corrected chi connectivity index (χ4v) is 3.91. The quantitative estimate of drug-likeness (QED) is 0.674. The summed E-state index contributed by atoms with van der Waals surface area (Å²) in [6.07, 6.45) is 2.83. The van der Waals surface area contributed by atoms with Crippen molar-refractivity contribution in [3.63, 3.8) is 0 Å². The predicted octanol–water partition coefficient (Wildman–Crippen LogP) is 4.68. The van der Waals surface area contributed by atoms with Gasteiger partial charge in [0.2, 0.25) is 5.91 Å². The normalized spacial score (nSPS) is 15.6. The maximum absolute atomic E-state index is 12.7. The molecule has 0 radical (unpaired) electrons. The van der Waals surface area contributed by atoms with E-state index in [0.717, 1.165) is 11.1 Å². The Kier molecular flexibility index (Phi) is 5.98. The topological polar surface area (TPSA) is 62.6 Å². The first-order chi connectivity index (χ1) is 14.6. The SMILES string of the molecule is CC(NC(=O)C1CCN(C(=O)c2ccco2)CC1)c1ccc(-c2ccccc2)cc1. The molecule has 0 spiro atoms. The number of furan rings is 1. The van der Waals surface area contributed by atoms with Crippen LogP contribution in [0.15, 0.2) is 77.4 Å². The van der Waals surface area contributed by atoms with Gasteiger partial charge < -0.3 is 14.6 Å². The maximum atomic E-state index is 12.7. The fourth-order valence-electron chi connectivity index (χ4n) is 3.91. The van der Waals surface area contributed by atoms with Crippen LogP contribution in [0.4, 0.5) is 0 Å². The van der Waals surface area contributed by atoms with Crippen LogP contribution in [0.3, 0.4) is 0 Å². The zero-order chi connectivity index (χ0) is 20.9. The number of nitrogens with zero attached hydrogens (tertiary/aromatic N) is 1. The van der Waals surface area contributed by atoms with Crippen LogP contribution in [0.2, 0.25) is 0 Å². The van der Waals surface area contributed by atoms with Crippen molar-refractivity contribution in [1.29, 1.82) is 0 Å². The standard InChI is InChI=1S/C25H26N2O3/c1-18(19-9-11-21(12-10-19)20-6-3-2-4-7-20)26-24(28)22-13-15-27(16-14-22)25(29)23-8-5-17-30-23/h2-12,17-18,22H,13-16H2,1H3,(H,26,28). The van der Waals surface area contributed by atoms with Crippen molar-refractivity contribution in [3.05, 3.63) is 84.3 Å². The highest BCUT2D eigenvalue weighted by Crippen LogP contribution is 2.24. The van der Waals surface area contributed by atoms with Crippen molar-refractivity contribution in [2.24, 2.45) is 5.92 Å². The largest absolute Gasteiger partial charge is 0.459 e. The van der Waals surface area contributed by atoms with Gasteiger partial charge in [-0.3, -0.25) is 9.59 Å². The summed E-state index contributed by atoms with van der Waals surface area (Å²) in [5.74, 6) is 0.229. The summed E-state index contributed by atoms with van der Waals surface area (Å²) in [4.78, 5) is 26.9. The minimum absolute atomic E-state index is 0.0553. The fraction of sp³-hybridized carbons (Fsp3) is 0.280. The van der Waals surface area contributed by atoms with E-state index in [-0.39, 0.29) is 23.8 Å². The van der Waals surface area contributed by atoms with E-state index in [1.807, 2.05) is 25.1 Å². The second kappa shape index (κ2) is 8.99. The molecule has 0 aliphatic carbocycles. The number of carbonyl (C=O) groups excluding carboxylic acids is 2. The molecule has 1 N–H and O–H groups in total. The van der Waals surface area contributed by atoms with E-state index in [4.69, 9.17) is 4.42 Å². The monoisotopic (exact) mass is 402 g/mol. The molecule has 2 amide bonds. The molecule has 1 fully saturated rings. The van der Waals surface area contributed by atoms with Crippen LogP contribution in [0.1, 0.15) is 41.9 Å². The molecular formula is C25H26N2O3. The number of amides is 2. The molecule has 1 aromatic heterocycles. The number of carbonyl (C=O) groups is 2. The van der Waals surface area contributed by atoms with E-state index in [0.29, 0.717) is 31.7 Å². The van der Waals surface area contributed by atoms with E-state index in [1.54, 1.807) is 17.0 Å². The Morgan fingerprint density at radius 2 is 1.60 bits per heavy atom. The maximum Gasteiger partial charge on any atom is 0.289 e. The van der Waals surface area contributed by atoms with Gasteiger partial charge in [-0.25, -0.2) is 0 Å². The van der Waals surface area contributed by atoms with Crippen molar-refractivity contribution < 1.29 is 14.0 Å². The molecule has 1 aliphatic heterocycles. The first-order valence-corrected chi connectivity index (χ1v) is 10.4. The Bertz CT molecular complexity index is 973. The van der Waals surface area contributed by atoms with Crippen molar-refractivity contribution in [2.45, 2.75) is 25.8 Å². The number of hydrogen-bond donors (Lipinski definition) is 1. The molecule has 1 atom stereocenters. The van der Waals surface area contributed by atoms with Gasteiger partial charge in [0.05, 0.1) is 12.3 Å². The first kappa shape index (κ1) is 20.0. The van der Waals surface area contributed by atoms with E-state index in [9.17, 15) is 9.59 Å². The molecule has 5 nitrogen and oxygen atoms in total. The summed E-state index contributed by atoms with van der Waals surface area (Å²) < 4.78 is 5.19. The highest BCUT2D eigenvalue weighted by Gasteiger charge is 2.29. The van der Waals surface area contributed by atoms with Crippen molar-refractivity contribution in [3.8, 4) is 11.1 Å². The lowest BCUT2D eigenvalue weighted by Gasteiger charge is -2.31. The number of rotatable bonds is 5. The number of likely N-dealkylation sites (tertiary alicyclic amines) is 1. The Morgan fingerprint density at radius 1 is 0.933 bits per heavy atom. The Labute approximate surface area is 176 Å². The second-order valence-corrected chi connectivity index (χ2v) is 7.76. The van der Waals surface area contributed by atoms with Gasteiger partial charge in [0.1, 0.15) is 0 Å². The van der Waals surface area contributed by atoms with Crippen LogP contribution in [-0.4, -0.2) is 29.8 Å². The summed E-state index contributed by atoms with van der Waals surface area (Å²) in [7, 11) is 0. The van der Waals surface area contributed by atoms with Crippen LogP contribution in [0.5, 0.6) is 0 Å². The third-order valence-electron chi connectivity index (χ3n) is 5.76. The number of nitrogens with one attached hydrogen (secondary N) is 1. The van der Waals surface area contributed by atoms with Gasteiger partial charge >= 0.3 is 0 Å². The summed E-state index contributed by atoms with van der Waals surface area (Å²) in [5.41, 5.74) is 3.41. The molecule has 2 heterocycles. The Morgan fingerprint density at radius 3 is 2.23 bits per heavy atom. The van der Waals surface area contributed by atoms with Crippen LogP contribution < -0.4 is 5.32 Å². The van der Waals surface area contributed by atoms with Crippen molar-refractivity contribution in [1.82, 2.24) is 10.2 Å². The molecule has 30 heavy (non-hydrogen) atoms. The van der Waals surface area contributed by atoms with Crippen LogP contribution >= 0.6 is 0 Å². The Hall–Kier alpha value is -3.34. The van der Waals surface area contributed by atoms with E-state index in [1.165, 1.54) is 11.8 Å². The summed E-state index contributed by atoms with van der Waals surface area (Å²) in [5, 5.41) is 3.14. The first-order valence-electron chi connectivity index (χ1n) is 10.4. The third kappa shape index (κ3) is 4.46. The molecule has 3 aromatic rings. The highest BCUT2D eigenvalue weighted by molar-refractivity contribution is 5.91. The zero-order valence-corrected chi connectivity index (χ0v) is 17.1. The van der Waals surface area contributed by atoms with E-state index < -0.39 is 0 Å². The lowest BCUT2D eigenvalue weighted by Crippen LogP contribution is -2.43. The van der Waals surface area contributed by atoms with Gasteiger partial charge in [-0.1, -0.05) is 54.6 Å². The second-order valence-electron chi connectivity index (χ2n) is 7.76. The van der Waals surface area contributed by atoms with Gasteiger partial charge in [0.25, 0.3) is 5.91 Å². The van der Waals surface area contributed by atoms with Crippen molar-refractivity contribution >= 4 is 11.8 Å². The van der Waals surface area contributed by atoms with Crippen LogP contribution in [0, 0.1) is 5.92 Å². The molecule has 1 aliphatic rings. The summed E-state index contributed by atoms with van der Waals surface area (Å²) in [6, 6.07) is 21.9.